The zero-order valence-electron chi connectivity index (χ0n) is 17.5. The topological polar surface area (TPSA) is 99.9 Å². The summed E-state index contributed by atoms with van der Waals surface area (Å²) in [5.74, 6) is 0.724. The molecule has 9 heteroatoms. The number of nitrogens with one attached hydrogen (secondary N) is 1. The molecule has 3 N–H and O–H groups in total. The molecule has 0 aliphatic rings. The summed E-state index contributed by atoms with van der Waals surface area (Å²) in [6.07, 6.45) is 2.47. The van der Waals surface area contributed by atoms with Gasteiger partial charge in [-0.3, -0.25) is 0 Å². The summed E-state index contributed by atoms with van der Waals surface area (Å²) in [4.78, 5) is -0.00130. The highest BCUT2D eigenvalue weighted by molar-refractivity contribution is 7.89. The van der Waals surface area contributed by atoms with E-state index >= 15 is 0 Å². The number of methoxy groups -OCH3 is 2. The van der Waals surface area contributed by atoms with E-state index in [1.54, 1.807) is 12.1 Å². The van der Waals surface area contributed by atoms with Crippen LogP contribution in [0.5, 0.6) is 17.2 Å². The van der Waals surface area contributed by atoms with Gasteiger partial charge in [-0.25, -0.2) is 17.9 Å². The standard InChI is InChI=1S/C21H29FN2O5S/c1-15(24-11-12-29-20-14-17(22)8-10-18(20)27-2)5-4-6-16-7-9-19(28-3)21(13-16)30(23,25)26/h7-10,13-15,24H,4-6,11-12H2,1-3H3,(H2,23,25,26). The quantitative estimate of drug-likeness (QED) is 0.493. The van der Waals surface area contributed by atoms with Crippen LogP contribution in [0.2, 0.25) is 0 Å². The largest absolute Gasteiger partial charge is 0.495 e. The number of hydrogen-bond donors (Lipinski definition) is 2. The van der Waals surface area contributed by atoms with Crippen LogP contribution in [0.1, 0.15) is 25.3 Å². The van der Waals surface area contributed by atoms with Crippen molar-refractivity contribution in [1.82, 2.24) is 5.32 Å². The molecular formula is C21H29FN2O5S. The minimum atomic E-state index is -3.84. The van der Waals surface area contributed by atoms with Crippen molar-refractivity contribution >= 4 is 10.0 Å². The Labute approximate surface area is 177 Å². The number of primary sulfonamides is 1. The Balaban J connectivity index is 1.75. The molecule has 0 bridgehead atoms. The first-order valence-electron chi connectivity index (χ1n) is 9.64. The monoisotopic (exact) mass is 440 g/mol. The Hall–Kier alpha value is -2.36. The second kappa shape index (κ2) is 11.1. The Bertz CT molecular complexity index is 937. The van der Waals surface area contributed by atoms with Gasteiger partial charge in [0.25, 0.3) is 0 Å². The lowest BCUT2D eigenvalue weighted by Gasteiger charge is -2.15. The van der Waals surface area contributed by atoms with E-state index in [-0.39, 0.29) is 22.5 Å². The predicted molar refractivity (Wildman–Crippen MR) is 113 cm³/mol. The summed E-state index contributed by atoms with van der Waals surface area (Å²) < 4.78 is 52.6. The molecule has 1 atom stereocenters. The Morgan fingerprint density at radius 3 is 2.43 bits per heavy atom. The van der Waals surface area contributed by atoms with Gasteiger partial charge in [0.05, 0.1) is 14.2 Å². The summed E-state index contributed by atoms with van der Waals surface area (Å²) in [5, 5.41) is 8.61. The molecule has 0 amide bonds. The lowest BCUT2D eigenvalue weighted by atomic mass is 10.1. The van der Waals surface area contributed by atoms with Crippen LogP contribution in [0.4, 0.5) is 4.39 Å². The van der Waals surface area contributed by atoms with Crippen molar-refractivity contribution in [3.8, 4) is 17.2 Å². The van der Waals surface area contributed by atoms with E-state index in [0.717, 1.165) is 24.8 Å². The first-order chi connectivity index (χ1) is 14.2. The fraction of sp³-hybridized carbons (Fsp3) is 0.429. The maximum absolute atomic E-state index is 13.3. The molecule has 0 aliphatic heterocycles. The number of sulfonamides is 1. The summed E-state index contributed by atoms with van der Waals surface area (Å²) in [7, 11) is -0.922. The molecule has 2 aromatic carbocycles. The zero-order chi connectivity index (χ0) is 22.1. The Morgan fingerprint density at radius 1 is 1.07 bits per heavy atom. The molecule has 2 aromatic rings. The molecule has 2 rings (SSSR count). The average Bonchev–Trinajstić information content (AvgIpc) is 2.70. The van der Waals surface area contributed by atoms with Crippen LogP contribution in [0.25, 0.3) is 0 Å². The number of halogens is 1. The molecule has 0 radical (unpaired) electrons. The van der Waals surface area contributed by atoms with E-state index in [9.17, 15) is 12.8 Å². The lowest BCUT2D eigenvalue weighted by molar-refractivity contribution is 0.284. The normalized spacial score (nSPS) is 12.4. The molecule has 0 saturated heterocycles. The van der Waals surface area contributed by atoms with Crippen molar-refractivity contribution in [1.29, 1.82) is 0 Å². The molecule has 7 nitrogen and oxygen atoms in total. The highest BCUT2D eigenvalue weighted by atomic mass is 32.2. The summed E-state index contributed by atoms with van der Waals surface area (Å²) in [6.45, 7) is 3.03. The van der Waals surface area contributed by atoms with Crippen LogP contribution < -0.4 is 24.7 Å². The van der Waals surface area contributed by atoms with E-state index in [4.69, 9.17) is 19.3 Å². The number of rotatable bonds is 12. The number of nitrogens with two attached hydrogens (primary N) is 1. The van der Waals surface area contributed by atoms with Crippen LogP contribution in [-0.2, 0) is 16.4 Å². The van der Waals surface area contributed by atoms with Gasteiger partial charge in [-0.15, -0.1) is 0 Å². The average molecular weight is 441 g/mol. The second-order valence-corrected chi connectivity index (χ2v) is 8.45. The van der Waals surface area contributed by atoms with Crippen molar-refractivity contribution in [3.05, 3.63) is 47.8 Å². The maximum atomic E-state index is 13.3. The van der Waals surface area contributed by atoms with Gasteiger partial charge in [0.15, 0.2) is 11.5 Å². The Morgan fingerprint density at radius 2 is 1.77 bits per heavy atom. The fourth-order valence-electron chi connectivity index (χ4n) is 3.04. The summed E-state index contributed by atoms with van der Waals surface area (Å²) in [6, 6.07) is 9.40. The van der Waals surface area contributed by atoms with E-state index in [1.807, 2.05) is 6.07 Å². The molecule has 0 spiro atoms. The van der Waals surface area contributed by atoms with Crippen molar-refractivity contribution in [2.45, 2.75) is 37.1 Å². The molecule has 0 fully saturated rings. The molecule has 0 aliphatic carbocycles. The van der Waals surface area contributed by atoms with E-state index in [1.165, 1.54) is 32.4 Å². The van der Waals surface area contributed by atoms with Crippen LogP contribution in [0.15, 0.2) is 41.3 Å². The van der Waals surface area contributed by atoms with Crippen LogP contribution in [0.3, 0.4) is 0 Å². The van der Waals surface area contributed by atoms with Crippen LogP contribution in [-0.4, -0.2) is 41.8 Å². The minimum absolute atomic E-state index is 0.00130. The number of ether oxygens (including phenoxy) is 3. The first kappa shape index (κ1) is 23.9. The van der Waals surface area contributed by atoms with E-state index < -0.39 is 10.0 Å². The van der Waals surface area contributed by atoms with Crippen molar-refractivity contribution in [2.75, 3.05) is 27.4 Å². The van der Waals surface area contributed by atoms with Gasteiger partial charge in [0.1, 0.15) is 23.1 Å². The third-order valence-corrected chi connectivity index (χ3v) is 5.55. The van der Waals surface area contributed by atoms with Gasteiger partial charge in [-0.1, -0.05) is 6.07 Å². The predicted octanol–water partition coefficient (Wildman–Crippen LogP) is 2.87. The molecular weight excluding hydrogens is 411 g/mol. The van der Waals surface area contributed by atoms with Gasteiger partial charge >= 0.3 is 0 Å². The molecule has 30 heavy (non-hydrogen) atoms. The number of hydrogen-bond acceptors (Lipinski definition) is 6. The summed E-state index contributed by atoms with van der Waals surface area (Å²) >= 11 is 0. The van der Waals surface area contributed by atoms with Crippen LogP contribution >= 0.6 is 0 Å². The highest BCUT2D eigenvalue weighted by Gasteiger charge is 2.15. The third kappa shape index (κ3) is 7.16. The molecule has 1 unspecified atom stereocenters. The number of benzene rings is 2. The van der Waals surface area contributed by atoms with Gasteiger partial charge in [0.2, 0.25) is 10.0 Å². The number of aryl methyl sites for hydroxylation is 1. The van der Waals surface area contributed by atoms with Crippen LogP contribution in [0, 0.1) is 5.82 Å². The SMILES string of the molecule is COc1ccc(F)cc1OCCNC(C)CCCc1ccc(OC)c(S(N)(=O)=O)c1. The van der Waals surface area contributed by atoms with E-state index in [2.05, 4.69) is 12.2 Å². The van der Waals surface area contributed by atoms with Gasteiger partial charge < -0.3 is 19.5 Å². The Kier molecular flexibility index (Phi) is 8.88. The molecule has 166 valence electrons. The maximum Gasteiger partial charge on any atom is 0.241 e. The molecule has 0 aromatic heterocycles. The third-order valence-electron chi connectivity index (χ3n) is 4.62. The zero-order valence-corrected chi connectivity index (χ0v) is 18.3. The molecule has 0 saturated carbocycles. The van der Waals surface area contributed by atoms with Gasteiger partial charge in [0, 0.05) is 18.7 Å². The summed E-state index contributed by atoms with van der Waals surface area (Å²) in [5.41, 5.74) is 0.883. The van der Waals surface area contributed by atoms with Crippen molar-refractivity contribution in [3.63, 3.8) is 0 Å². The molecule has 0 heterocycles. The van der Waals surface area contributed by atoms with Crippen molar-refractivity contribution < 1.29 is 27.0 Å². The first-order valence-corrected chi connectivity index (χ1v) is 11.2. The van der Waals surface area contributed by atoms with Gasteiger partial charge in [-0.2, -0.15) is 0 Å². The lowest BCUT2D eigenvalue weighted by Crippen LogP contribution is -2.30. The fourth-order valence-corrected chi connectivity index (χ4v) is 3.79. The smallest absolute Gasteiger partial charge is 0.241 e. The second-order valence-electron chi connectivity index (χ2n) is 6.92. The van der Waals surface area contributed by atoms with Crippen molar-refractivity contribution in [2.24, 2.45) is 5.14 Å². The minimum Gasteiger partial charge on any atom is -0.495 e. The van der Waals surface area contributed by atoms with Gasteiger partial charge in [-0.05, 0) is 56.0 Å². The van der Waals surface area contributed by atoms with E-state index in [0.29, 0.717) is 24.7 Å². The highest BCUT2D eigenvalue weighted by Crippen LogP contribution is 2.27.